The second-order valence-electron chi connectivity index (χ2n) is 5.15. The zero-order valence-corrected chi connectivity index (χ0v) is 10.3. The van der Waals surface area contributed by atoms with E-state index in [1.165, 1.54) is 0 Å². The minimum absolute atomic E-state index is 0.0235. The van der Waals surface area contributed by atoms with Crippen LogP contribution in [0.3, 0.4) is 0 Å². The van der Waals surface area contributed by atoms with Gasteiger partial charge in [0.05, 0.1) is 23.7 Å². The Balaban J connectivity index is 1.89. The van der Waals surface area contributed by atoms with Gasteiger partial charge in [-0.3, -0.25) is 4.79 Å². The maximum absolute atomic E-state index is 12.4. The molecule has 0 aromatic heterocycles. The smallest absolute Gasteiger partial charge is 0.235 e. The predicted octanol–water partition coefficient (Wildman–Crippen LogP) is 2.20. The van der Waals surface area contributed by atoms with Crippen molar-refractivity contribution in [1.82, 2.24) is 4.90 Å². The monoisotopic (exact) mass is 244 g/mol. The molecular formula is C14H16N2O2. The number of rotatable bonds is 2. The summed E-state index contributed by atoms with van der Waals surface area (Å²) in [7, 11) is 0. The second-order valence-corrected chi connectivity index (χ2v) is 5.15. The molecule has 94 valence electrons. The summed E-state index contributed by atoms with van der Waals surface area (Å²) in [5.74, 6) is 0.117. The van der Waals surface area contributed by atoms with Crippen molar-refractivity contribution in [1.29, 1.82) is 0 Å². The lowest BCUT2D eigenvalue weighted by Gasteiger charge is -2.24. The Morgan fingerprint density at radius 2 is 2.00 bits per heavy atom. The molecule has 1 spiro atoms. The van der Waals surface area contributed by atoms with Crippen molar-refractivity contribution in [2.45, 2.75) is 25.8 Å². The molecule has 1 aliphatic heterocycles. The molecule has 1 aromatic carbocycles. The Kier molecular flexibility index (Phi) is 2.40. The molecule has 1 amide bonds. The maximum Gasteiger partial charge on any atom is 0.235 e. The van der Waals surface area contributed by atoms with Gasteiger partial charge < -0.3 is 10.1 Å². The van der Waals surface area contributed by atoms with Gasteiger partial charge in [-0.05, 0) is 25.3 Å². The summed E-state index contributed by atoms with van der Waals surface area (Å²) in [5.41, 5.74) is 1.29. The van der Waals surface area contributed by atoms with Crippen LogP contribution in [0.5, 0.6) is 0 Å². The standard InChI is InChI=1S/C14H16N2O2/c1-10(11-5-3-2-4-6-11)16-9-12(15-18)14(7-8-14)13(16)17/h2-6,10,18H,7-9H2,1H3/b15-12+/t10-/m1/s1. The van der Waals surface area contributed by atoms with Crippen molar-refractivity contribution in [3.63, 3.8) is 0 Å². The van der Waals surface area contributed by atoms with Crippen LogP contribution in [0, 0.1) is 5.41 Å². The summed E-state index contributed by atoms with van der Waals surface area (Å²) in [6.45, 7) is 2.47. The van der Waals surface area contributed by atoms with E-state index < -0.39 is 5.41 Å². The molecule has 0 bridgehead atoms. The Morgan fingerprint density at radius 1 is 1.33 bits per heavy atom. The highest BCUT2D eigenvalue weighted by Crippen LogP contribution is 2.53. The molecular weight excluding hydrogens is 228 g/mol. The first kappa shape index (κ1) is 11.3. The fraction of sp³-hybridized carbons (Fsp3) is 0.429. The third-order valence-corrected chi connectivity index (χ3v) is 4.16. The van der Waals surface area contributed by atoms with Crippen molar-refractivity contribution in [3.05, 3.63) is 35.9 Å². The molecule has 1 heterocycles. The zero-order valence-electron chi connectivity index (χ0n) is 10.3. The van der Waals surface area contributed by atoms with Gasteiger partial charge in [0.25, 0.3) is 0 Å². The molecule has 4 heteroatoms. The molecule has 0 radical (unpaired) electrons. The van der Waals surface area contributed by atoms with Gasteiger partial charge in [0.2, 0.25) is 5.91 Å². The van der Waals surface area contributed by atoms with Crippen LogP contribution in [0.15, 0.2) is 35.5 Å². The average molecular weight is 244 g/mol. The molecule has 2 aliphatic rings. The number of benzene rings is 1. The number of oxime groups is 1. The van der Waals surface area contributed by atoms with Crippen molar-refractivity contribution >= 4 is 11.6 Å². The van der Waals surface area contributed by atoms with Crippen LogP contribution in [-0.2, 0) is 4.79 Å². The molecule has 1 atom stereocenters. The Hall–Kier alpha value is -1.84. The van der Waals surface area contributed by atoms with E-state index in [0.29, 0.717) is 12.3 Å². The zero-order chi connectivity index (χ0) is 12.8. The van der Waals surface area contributed by atoms with Gasteiger partial charge in [-0.15, -0.1) is 0 Å². The van der Waals surface area contributed by atoms with E-state index in [4.69, 9.17) is 5.21 Å². The van der Waals surface area contributed by atoms with Crippen LogP contribution in [0.2, 0.25) is 0 Å². The molecule has 1 N–H and O–H groups in total. The van der Waals surface area contributed by atoms with E-state index in [-0.39, 0.29) is 11.9 Å². The van der Waals surface area contributed by atoms with Crippen LogP contribution >= 0.6 is 0 Å². The fourth-order valence-corrected chi connectivity index (χ4v) is 2.76. The van der Waals surface area contributed by atoms with Gasteiger partial charge >= 0.3 is 0 Å². The first-order valence-electron chi connectivity index (χ1n) is 6.26. The Morgan fingerprint density at radius 3 is 2.50 bits per heavy atom. The molecule has 4 nitrogen and oxygen atoms in total. The van der Waals surface area contributed by atoms with E-state index >= 15 is 0 Å². The van der Waals surface area contributed by atoms with Crippen LogP contribution in [-0.4, -0.2) is 28.3 Å². The molecule has 1 saturated carbocycles. The van der Waals surface area contributed by atoms with E-state index in [1.807, 2.05) is 42.2 Å². The Labute approximate surface area is 106 Å². The predicted molar refractivity (Wildman–Crippen MR) is 67.5 cm³/mol. The number of hydrogen-bond acceptors (Lipinski definition) is 3. The highest BCUT2D eigenvalue weighted by atomic mass is 16.4. The largest absolute Gasteiger partial charge is 0.411 e. The highest BCUT2D eigenvalue weighted by Gasteiger charge is 2.61. The van der Waals surface area contributed by atoms with Crippen LogP contribution < -0.4 is 0 Å². The maximum atomic E-state index is 12.4. The number of nitrogens with zero attached hydrogens (tertiary/aromatic N) is 2. The van der Waals surface area contributed by atoms with Crippen molar-refractivity contribution in [3.8, 4) is 0 Å². The normalized spacial score (nSPS) is 24.8. The molecule has 1 saturated heterocycles. The topological polar surface area (TPSA) is 52.9 Å². The van der Waals surface area contributed by atoms with Crippen molar-refractivity contribution < 1.29 is 10.0 Å². The number of hydrogen-bond donors (Lipinski definition) is 1. The summed E-state index contributed by atoms with van der Waals surface area (Å²) >= 11 is 0. The summed E-state index contributed by atoms with van der Waals surface area (Å²) in [4.78, 5) is 14.2. The second kappa shape index (κ2) is 3.83. The molecule has 1 aromatic rings. The van der Waals surface area contributed by atoms with Gasteiger partial charge in [-0.1, -0.05) is 35.5 Å². The number of amides is 1. The van der Waals surface area contributed by atoms with E-state index in [1.54, 1.807) is 0 Å². The minimum atomic E-state index is -0.461. The highest BCUT2D eigenvalue weighted by molar-refractivity contribution is 6.17. The number of likely N-dealkylation sites (tertiary alicyclic amines) is 1. The first-order valence-corrected chi connectivity index (χ1v) is 6.26. The molecule has 0 unspecified atom stereocenters. The minimum Gasteiger partial charge on any atom is -0.411 e. The van der Waals surface area contributed by atoms with Gasteiger partial charge in [-0.25, -0.2) is 0 Å². The summed E-state index contributed by atoms with van der Waals surface area (Å²) < 4.78 is 0. The van der Waals surface area contributed by atoms with Gasteiger partial charge in [0, 0.05) is 0 Å². The van der Waals surface area contributed by atoms with Crippen LogP contribution in [0.4, 0.5) is 0 Å². The van der Waals surface area contributed by atoms with Gasteiger partial charge in [-0.2, -0.15) is 0 Å². The lowest BCUT2D eigenvalue weighted by molar-refractivity contribution is -0.133. The van der Waals surface area contributed by atoms with E-state index in [0.717, 1.165) is 18.4 Å². The van der Waals surface area contributed by atoms with Crippen LogP contribution in [0.25, 0.3) is 0 Å². The molecule has 18 heavy (non-hydrogen) atoms. The summed E-state index contributed by atoms with van der Waals surface area (Å²) in [6.07, 6.45) is 1.65. The lowest BCUT2D eigenvalue weighted by atomic mass is 10.0. The average Bonchev–Trinajstić information content (AvgIpc) is 3.16. The first-order chi connectivity index (χ1) is 8.69. The van der Waals surface area contributed by atoms with Crippen molar-refractivity contribution in [2.24, 2.45) is 10.6 Å². The number of carbonyl (C=O) groups is 1. The third-order valence-electron chi connectivity index (χ3n) is 4.16. The van der Waals surface area contributed by atoms with Crippen LogP contribution in [0.1, 0.15) is 31.4 Å². The van der Waals surface area contributed by atoms with Gasteiger partial charge in [0.1, 0.15) is 0 Å². The van der Waals surface area contributed by atoms with E-state index in [9.17, 15) is 4.79 Å². The summed E-state index contributed by atoms with van der Waals surface area (Å²) in [5, 5.41) is 12.4. The third kappa shape index (κ3) is 1.45. The quantitative estimate of drug-likeness (QED) is 0.640. The lowest BCUT2D eigenvalue weighted by Crippen LogP contribution is -2.30. The SMILES string of the molecule is C[C@H](c1ccccc1)N1C/C(=N\O)C2(CC2)C1=O. The van der Waals surface area contributed by atoms with Crippen molar-refractivity contribution in [2.75, 3.05) is 6.54 Å². The van der Waals surface area contributed by atoms with Gasteiger partial charge in [0.15, 0.2) is 0 Å². The summed E-state index contributed by atoms with van der Waals surface area (Å²) in [6, 6.07) is 9.97. The molecule has 1 aliphatic carbocycles. The fourth-order valence-electron chi connectivity index (χ4n) is 2.76. The Bertz CT molecular complexity index is 506. The number of carbonyl (C=O) groups excluding carboxylic acids is 1. The van der Waals surface area contributed by atoms with E-state index in [2.05, 4.69) is 5.16 Å². The molecule has 3 rings (SSSR count). The molecule has 2 fully saturated rings.